The second-order valence-corrected chi connectivity index (χ2v) is 7.59. The largest absolute Gasteiger partial charge is 0.341 e. The topological polar surface area (TPSA) is 35.2 Å². The molecule has 1 atom stereocenters. The Morgan fingerprint density at radius 1 is 1.22 bits per heavy atom. The van der Waals surface area contributed by atoms with Crippen molar-refractivity contribution in [1.82, 2.24) is 19.8 Å². The quantitative estimate of drug-likeness (QED) is 0.720. The molecule has 1 saturated heterocycles. The molecule has 0 bridgehead atoms. The Balaban J connectivity index is 1.34. The Hall–Kier alpha value is -2.24. The van der Waals surface area contributed by atoms with Crippen LogP contribution in [-0.2, 0) is 13.0 Å². The fourth-order valence-corrected chi connectivity index (χ4v) is 3.99. The van der Waals surface area contributed by atoms with E-state index in [1.807, 2.05) is 0 Å². The number of aromatic nitrogens is 2. The Bertz CT molecular complexity index is 876. The molecule has 27 heavy (non-hydrogen) atoms. The SMILES string of the molecule is CN(CCc1ccccc1)C1CCCN(Cc2nc3ccc(F)cc3[nH]2)C1. The van der Waals surface area contributed by atoms with Crippen LogP contribution in [0.2, 0.25) is 0 Å². The van der Waals surface area contributed by atoms with E-state index in [0.29, 0.717) is 6.04 Å². The minimum absolute atomic E-state index is 0.226. The summed E-state index contributed by atoms with van der Waals surface area (Å²) in [6.45, 7) is 4.01. The van der Waals surface area contributed by atoms with Crippen LogP contribution in [0.15, 0.2) is 48.5 Å². The number of imidazole rings is 1. The molecule has 5 heteroatoms. The lowest BCUT2D eigenvalue weighted by Crippen LogP contribution is -2.46. The number of likely N-dealkylation sites (N-methyl/N-ethyl adjacent to an activating group) is 1. The van der Waals surface area contributed by atoms with Crippen LogP contribution in [0.3, 0.4) is 0 Å². The van der Waals surface area contributed by atoms with Gasteiger partial charge < -0.3 is 9.88 Å². The second-order valence-electron chi connectivity index (χ2n) is 7.59. The predicted octanol–water partition coefficient (Wildman–Crippen LogP) is 3.84. The van der Waals surface area contributed by atoms with E-state index in [1.165, 1.54) is 30.5 Å². The first-order valence-electron chi connectivity index (χ1n) is 9.78. The number of hydrogen-bond acceptors (Lipinski definition) is 3. The number of H-pyrrole nitrogens is 1. The van der Waals surface area contributed by atoms with Crippen molar-refractivity contribution in [2.75, 3.05) is 26.7 Å². The fourth-order valence-electron chi connectivity index (χ4n) is 3.99. The van der Waals surface area contributed by atoms with Gasteiger partial charge in [-0.05, 0) is 56.6 Å². The van der Waals surface area contributed by atoms with Gasteiger partial charge in [0.05, 0.1) is 17.6 Å². The normalized spacial score (nSPS) is 18.4. The lowest BCUT2D eigenvalue weighted by atomic mass is 10.0. The second kappa shape index (κ2) is 8.19. The predicted molar refractivity (Wildman–Crippen MR) is 107 cm³/mol. The summed E-state index contributed by atoms with van der Waals surface area (Å²) in [6, 6.07) is 16.0. The molecule has 1 fully saturated rings. The molecule has 142 valence electrons. The first kappa shape index (κ1) is 18.1. The number of benzene rings is 2. The Morgan fingerprint density at radius 2 is 2.07 bits per heavy atom. The maximum Gasteiger partial charge on any atom is 0.125 e. The summed E-state index contributed by atoms with van der Waals surface area (Å²) in [5, 5.41) is 0. The van der Waals surface area contributed by atoms with E-state index < -0.39 is 0 Å². The van der Waals surface area contributed by atoms with E-state index in [1.54, 1.807) is 6.07 Å². The molecule has 1 unspecified atom stereocenters. The van der Waals surface area contributed by atoms with Crippen molar-refractivity contribution in [3.63, 3.8) is 0 Å². The molecule has 0 spiro atoms. The van der Waals surface area contributed by atoms with Gasteiger partial charge in [-0.15, -0.1) is 0 Å². The zero-order valence-corrected chi connectivity index (χ0v) is 15.9. The number of rotatable bonds is 6. The van der Waals surface area contributed by atoms with E-state index in [4.69, 9.17) is 0 Å². The van der Waals surface area contributed by atoms with Gasteiger partial charge in [-0.3, -0.25) is 4.90 Å². The summed E-state index contributed by atoms with van der Waals surface area (Å²) >= 11 is 0. The van der Waals surface area contributed by atoms with Crippen molar-refractivity contribution in [2.45, 2.75) is 31.8 Å². The standard InChI is InChI=1S/C22H27FN4/c1-26(13-11-17-6-3-2-4-7-17)19-8-5-12-27(15-19)16-22-24-20-10-9-18(23)14-21(20)25-22/h2-4,6-7,9-10,14,19H,5,8,11-13,15-16H2,1H3,(H,24,25). The fraction of sp³-hybridized carbons (Fsp3) is 0.409. The van der Waals surface area contributed by atoms with Gasteiger partial charge in [0.1, 0.15) is 11.6 Å². The monoisotopic (exact) mass is 366 g/mol. The molecule has 3 aromatic rings. The molecule has 0 amide bonds. The van der Waals surface area contributed by atoms with Crippen molar-refractivity contribution < 1.29 is 4.39 Å². The van der Waals surface area contributed by atoms with Gasteiger partial charge in [0.25, 0.3) is 0 Å². The number of fused-ring (bicyclic) bond motifs is 1. The minimum Gasteiger partial charge on any atom is -0.341 e. The van der Waals surface area contributed by atoms with E-state index in [9.17, 15) is 4.39 Å². The highest BCUT2D eigenvalue weighted by molar-refractivity contribution is 5.74. The Morgan fingerprint density at radius 3 is 2.93 bits per heavy atom. The number of nitrogens with one attached hydrogen (secondary N) is 1. The molecule has 0 aliphatic carbocycles. The molecule has 0 radical (unpaired) electrons. The average Bonchev–Trinajstić information content (AvgIpc) is 3.08. The molecule has 2 heterocycles. The van der Waals surface area contributed by atoms with Crippen molar-refractivity contribution in [3.05, 3.63) is 65.7 Å². The molecule has 1 aliphatic heterocycles. The van der Waals surface area contributed by atoms with Crippen LogP contribution in [0.4, 0.5) is 4.39 Å². The first-order valence-corrected chi connectivity index (χ1v) is 9.78. The third kappa shape index (κ3) is 4.54. The number of nitrogens with zero attached hydrogens (tertiary/aromatic N) is 3. The first-order chi connectivity index (χ1) is 13.2. The molecular weight excluding hydrogens is 339 g/mol. The number of aromatic amines is 1. The lowest BCUT2D eigenvalue weighted by Gasteiger charge is -2.37. The average molecular weight is 366 g/mol. The lowest BCUT2D eigenvalue weighted by molar-refractivity contribution is 0.111. The van der Waals surface area contributed by atoms with Crippen LogP contribution >= 0.6 is 0 Å². The molecule has 0 saturated carbocycles. The Kier molecular flexibility index (Phi) is 5.50. The van der Waals surface area contributed by atoms with E-state index in [-0.39, 0.29) is 5.82 Å². The molecule has 2 aromatic carbocycles. The molecule has 1 N–H and O–H groups in total. The molecule has 1 aliphatic rings. The Labute approximate surface area is 160 Å². The number of halogens is 1. The van der Waals surface area contributed by atoms with Crippen molar-refractivity contribution >= 4 is 11.0 Å². The number of hydrogen-bond donors (Lipinski definition) is 1. The molecule has 4 rings (SSSR count). The van der Waals surface area contributed by atoms with E-state index in [0.717, 1.165) is 49.5 Å². The number of likely N-dealkylation sites (tertiary alicyclic amines) is 1. The van der Waals surface area contributed by atoms with Gasteiger partial charge in [-0.2, -0.15) is 0 Å². The van der Waals surface area contributed by atoms with Gasteiger partial charge in [-0.1, -0.05) is 30.3 Å². The maximum absolute atomic E-state index is 13.4. The number of piperidine rings is 1. The maximum atomic E-state index is 13.4. The van der Waals surface area contributed by atoms with Crippen LogP contribution in [-0.4, -0.2) is 52.5 Å². The van der Waals surface area contributed by atoms with Crippen LogP contribution < -0.4 is 0 Å². The smallest absolute Gasteiger partial charge is 0.125 e. The third-order valence-electron chi connectivity index (χ3n) is 5.57. The highest BCUT2D eigenvalue weighted by Crippen LogP contribution is 2.19. The van der Waals surface area contributed by atoms with Crippen LogP contribution in [0.1, 0.15) is 24.2 Å². The third-order valence-corrected chi connectivity index (χ3v) is 5.57. The minimum atomic E-state index is -0.226. The summed E-state index contributed by atoms with van der Waals surface area (Å²) in [5.74, 6) is 0.693. The van der Waals surface area contributed by atoms with Crippen molar-refractivity contribution in [2.24, 2.45) is 0 Å². The van der Waals surface area contributed by atoms with E-state index >= 15 is 0 Å². The van der Waals surface area contributed by atoms with Gasteiger partial charge >= 0.3 is 0 Å². The van der Waals surface area contributed by atoms with Gasteiger partial charge in [0.15, 0.2) is 0 Å². The summed E-state index contributed by atoms with van der Waals surface area (Å²) < 4.78 is 13.4. The summed E-state index contributed by atoms with van der Waals surface area (Å²) in [5.41, 5.74) is 3.00. The van der Waals surface area contributed by atoms with Gasteiger partial charge in [0.2, 0.25) is 0 Å². The van der Waals surface area contributed by atoms with Crippen LogP contribution in [0, 0.1) is 5.82 Å². The summed E-state index contributed by atoms with van der Waals surface area (Å²) in [7, 11) is 2.24. The summed E-state index contributed by atoms with van der Waals surface area (Å²) in [4.78, 5) is 12.8. The highest BCUT2D eigenvalue weighted by atomic mass is 19.1. The summed E-state index contributed by atoms with van der Waals surface area (Å²) in [6.07, 6.45) is 3.53. The highest BCUT2D eigenvalue weighted by Gasteiger charge is 2.23. The molecular formula is C22H27FN4. The van der Waals surface area contributed by atoms with Crippen LogP contribution in [0.25, 0.3) is 11.0 Å². The molecule has 4 nitrogen and oxygen atoms in total. The zero-order chi connectivity index (χ0) is 18.6. The van der Waals surface area contributed by atoms with Gasteiger partial charge in [0, 0.05) is 19.1 Å². The van der Waals surface area contributed by atoms with Crippen LogP contribution in [0.5, 0.6) is 0 Å². The van der Waals surface area contributed by atoms with Crippen molar-refractivity contribution in [3.8, 4) is 0 Å². The van der Waals surface area contributed by atoms with Crippen molar-refractivity contribution in [1.29, 1.82) is 0 Å². The van der Waals surface area contributed by atoms with Gasteiger partial charge in [-0.25, -0.2) is 9.37 Å². The molecule has 1 aromatic heterocycles. The zero-order valence-electron chi connectivity index (χ0n) is 15.9. The van der Waals surface area contributed by atoms with E-state index in [2.05, 4.69) is 57.1 Å².